The van der Waals surface area contributed by atoms with Gasteiger partial charge in [0.2, 0.25) is 5.91 Å². The number of carbonyl (C=O) groups is 1. The SMILES string of the molecule is CC[C@@H](Sc1ccc(Cl)cc1)C(=O)N1CCc2ccccc21. The first-order chi connectivity index (χ1) is 10.7. The number of carbonyl (C=O) groups excluding carboxylic acids is 1. The summed E-state index contributed by atoms with van der Waals surface area (Å²) in [4.78, 5) is 15.9. The van der Waals surface area contributed by atoms with E-state index in [0.29, 0.717) is 0 Å². The average Bonchev–Trinajstić information content (AvgIpc) is 2.98. The van der Waals surface area contributed by atoms with E-state index in [4.69, 9.17) is 11.6 Å². The number of amides is 1. The van der Waals surface area contributed by atoms with Crippen LogP contribution in [0.1, 0.15) is 18.9 Å². The van der Waals surface area contributed by atoms with Crippen molar-refractivity contribution in [3.8, 4) is 0 Å². The molecule has 22 heavy (non-hydrogen) atoms. The van der Waals surface area contributed by atoms with Crippen molar-refractivity contribution in [2.75, 3.05) is 11.4 Å². The van der Waals surface area contributed by atoms with Crippen molar-refractivity contribution in [1.82, 2.24) is 0 Å². The first-order valence-corrected chi connectivity index (χ1v) is 8.76. The molecule has 3 rings (SSSR count). The van der Waals surface area contributed by atoms with Crippen LogP contribution in [0.25, 0.3) is 0 Å². The highest BCUT2D eigenvalue weighted by Crippen LogP contribution is 2.33. The van der Waals surface area contributed by atoms with E-state index in [0.717, 1.165) is 35.0 Å². The van der Waals surface area contributed by atoms with Gasteiger partial charge in [-0.05, 0) is 48.7 Å². The third-order valence-corrected chi connectivity index (χ3v) is 5.51. The molecule has 0 aliphatic carbocycles. The molecule has 0 spiro atoms. The van der Waals surface area contributed by atoms with Gasteiger partial charge in [0.05, 0.1) is 5.25 Å². The van der Waals surface area contributed by atoms with Gasteiger partial charge in [-0.2, -0.15) is 0 Å². The lowest BCUT2D eigenvalue weighted by atomic mass is 10.2. The summed E-state index contributed by atoms with van der Waals surface area (Å²) in [5, 5.41) is 0.657. The summed E-state index contributed by atoms with van der Waals surface area (Å²) in [5.74, 6) is 0.201. The maximum Gasteiger partial charge on any atom is 0.240 e. The summed E-state index contributed by atoms with van der Waals surface area (Å²) < 4.78 is 0. The Morgan fingerprint density at radius 2 is 1.95 bits per heavy atom. The molecule has 0 N–H and O–H groups in total. The maximum atomic E-state index is 12.9. The topological polar surface area (TPSA) is 20.3 Å². The molecule has 4 heteroatoms. The van der Waals surface area contributed by atoms with Crippen molar-refractivity contribution < 1.29 is 4.79 Å². The molecule has 2 aromatic carbocycles. The molecule has 0 radical (unpaired) electrons. The normalized spacial score (nSPS) is 14.7. The van der Waals surface area contributed by atoms with Gasteiger partial charge in [-0.15, -0.1) is 11.8 Å². The molecular formula is C18H18ClNOS. The second kappa shape index (κ2) is 6.76. The Bertz CT molecular complexity index is 671. The second-order valence-electron chi connectivity index (χ2n) is 5.34. The van der Waals surface area contributed by atoms with E-state index >= 15 is 0 Å². The van der Waals surface area contributed by atoms with Gasteiger partial charge in [0.1, 0.15) is 0 Å². The van der Waals surface area contributed by atoms with Crippen LogP contribution in [0.5, 0.6) is 0 Å². The summed E-state index contributed by atoms with van der Waals surface area (Å²) in [6.45, 7) is 2.85. The molecule has 1 amide bonds. The Hall–Kier alpha value is -1.45. The Morgan fingerprint density at radius 3 is 2.68 bits per heavy atom. The summed E-state index contributed by atoms with van der Waals surface area (Å²) in [5.41, 5.74) is 2.34. The number of benzene rings is 2. The van der Waals surface area contributed by atoms with Gasteiger partial charge in [0.25, 0.3) is 0 Å². The summed E-state index contributed by atoms with van der Waals surface area (Å²) in [6.07, 6.45) is 1.76. The highest BCUT2D eigenvalue weighted by molar-refractivity contribution is 8.00. The number of halogens is 1. The van der Waals surface area contributed by atoms with Crippen molar-refractivity contribution in [3.05, 3.63) is 59.1 Å². The lowest BCUT2D eigenvalue weighted by Crippen LogP contribution is -2.36. The smallest absolute Gasteiger partial charge is 0.240 e. The minimum Gasteiger partial charge on any atom is -0.311 e. The van der Waals surface area contributed by atoms with E-state index in [9.17, 15) is 4.79 Å². The highest BCUT2D eigenvalue weighted by atomic mass is 35.5. The summed E-state index contributed by atoms with van der Waals surface area (Å²) in [6, 6.07) is 15.9. The van der Waals surface area contributed by atoms with E-state index in [-0.39, 0.29) is 11.2 Å². The van der Waals surface area contributed by atoms with E-state index in [1.807, 2.05) is 47.4 Å². The lowest BCUT2D eigenvalue weighted by molar-refractivity contribution is -0.118. The molecule has 1 aliphatic rings. The Kier molecular flexibility index (Phi) is 4.74. The number of thioether (sulfide) groups is 1. The van der Waals surface area contributed by atoms with Crippen LogP contribution in [0.15, 0.2) is 53.4 Å². The van der Waals surface area contributed by atoms with Crippen molar-refractivity contribution in [1.29, 1.82) is 0 Å². The van der Waals surface area contributed by atoms with Crippen molar-refractivity contribution in [3.63, 3.8) is 0 Å². The van der Waals surface area contributed by atoms with Crippen LogP contribution >= 0.6 is 23.4 Å². The van der Waals surface area contributed by atoms with Crippen molar-refractivity contribution in [2.45, 2.75) is 29.9 Å². The molecule has 0 aromatic heterocycles. The van der Waals surface area contributed by atoms with Gasteiger partial charge in [-0.1, -0.05) is 36.7 Å². The molecule has 0 bridgehead atoms. The van der Waals surface area contributed by atoms with Gasteiger partial charge in [-0.25, -0.2) is 0 Å². The van der Waals surface area contributed by atoms with E-state index < -0.39 is 0 Å². The molecule has 0 unspecified atom stereocenters. The lowest BCUT2D eigenvalue weighted by Gasteiger charge is -2.23. The zero-order chi connectivity index (χ0) is 15.5. The number of nitrogens with zero attached hydrogens (tertiary/aromatic N) is 1. The average molecular weight is 332 g/mol. The molecule has 1 heterocycles. The van der Waals surface area contributed by atoms with Crippen LogP contribution in [0.4, 0.5) is 5.69 Å². The predicted molar refractivity (Wildman–Crippen MR) is 93.9 cm³/mol. The van der Waals surface area contributed by atoms with Gasteiger partial charge in [0.15, 0.2) is 0 Å². The molecule has 0 saturated heterocycles. The maximum absolute atomic E-state index is 12.9. The Labute approximate surface area is 140 Å². The Balaban J connectivity index is 1.76. The van der Waals surface area contributed by atoms with Crippen molar-refractivity contribution in [2.24, 2.45) is 0 Å². The molecule has 114 valence electrons. The molecule has 0 fully saturated rings. The van der Waals surface area contributed by atoms with Crippen LogP contribution < -0.4 is 4.90 Å². The molecule has 1 atom stereocenters. The van der Waals surface area contributed by atoms with Crippen LogP contribution in [0.2, 0.25) is 5.02 Å². The zero-order valence-corrected chi connectivity index (χ0v) is 14.0. The molecule has 2 aromatic rings. The molecular weight excluding hydrogens is 314 g/mol. The Morgan fingerprint density at radius 1 is 1.23 bits per heavy atom. The zero-order valence-electron chi connectivity index (χ0n) is 12.5. The van der Waals surface area contributed by atoms with Crippen LogP contribution in [0.3, 0.4) is 0 Å². The van der Waals surface area contributed by atoms with Gasteiger partial charge >= 0.3 is 0 Å². The van der Waals surface area contributed by atoms with Crippen LogP contribution in [-0.2, 0) is 11.2 Å². The third-order valence-electron chi connectivity index (χ3n) is 3.89. The largest absolute Gasteiger partial charge is 0.311 e. The fourth-order valence-electron chi connectivity index (χ4n) is 2.73. The fourth-order valence-corrected chi connectivity index (χ4v) is 3.87. The molecule has 1 aliphatic heterocycles. The molecule has 0 saturated carbocycles. The standard InChI is InChI=1S/C18H18ClNOS/c1-2-17(22-15-9-7-14(19)8-10-15)18(21)20-12-11-13-5-3-4-6-16(13)20/h3-10,17H,2,11-12H2,1H3/t17-/m1/s1. The quantitative estimate of drug-likeness (QED) is 0.750. The number of para-hydroxylation sites is 1. The minimum absolute atomic E-state index is 0.0627. The number of hydrogen-bond donors (Lipinski definition) is 0. The first kappa shape index (κ1) is 15.4. The van der Waals surface area contributed by atoms with Crippen LogP contribution in [-0.4, -0.2) is 17.7 Å². The predicted octanol–water partition coefficient (Wildman–Crippen LogP) is 4.80. The third kappa shape index (κ3) is 3.16. The number of fused-ring (bicyclic) bond motifs is 1. The van der Waals surface area contributed by atoms with Gasteiger partial charge in [0, 0.05) is 22.2 Å². The number of rotatable bonds is 4. The van der Waals surface area contributed by atoms with E-state index in [1.165, 1.54) is 5.56 Å². The highest BCUT2D eigenvalue weighted by Gasteiger charge is 2.29. The first-order valence-electron chi connectivity index (χ1n) is 7.50. The van der Waals surface area contributed by atoms with E-state index in [2.05, 4.69) is 13.0 Å². The van der Waals surface area contributed by atoms with Gasteiger partial charge < -0.3 is 4.90 Å². The minimum atomic E-state index is -0.0627. The molecule has 2 nitrogen and oxygen atoms in total. The van der Waals surface area contributed by atoms with Gasteiger partial charge in [-0.3, -0.25) is 4.79 Å². The number of anilines is 1. The summed E-state index contributed by atoms with van der Waals surface area (Å²) in [7, 11) is 0. The second-order valence-corrected chi connectivity index (χ2v) is 7.05. The van der Waals surface area contributed by atoms with Crippen molar-refractivity contribution >= 4 is 35.0 Å². The number of hydrogen-bond acceptors (Lipinski definition) is 2. The summed E-state index contributed by atoms with van der Waals surface area (Å²) >= 11 is 7.54. The monoisotopic (exact) mass is 331 g/mol. The fraction of sp³-hybridized carbons (Fsp3) is 0.278. The van der Waals surface area contributed by atoms with E-state index in [1.54, 1.807) is 11.8 Å². The van der Waals surface area contributed by atoms with Crippen LogP contribution in [0, 0.1) is 0 Å².